The van der Waals surface area contributed by atoms with Gasteiger partial charge in [-0.2, -0.15) is 0 Å². The van der Waals surface area contributed by atoms with E-state index in [-0.39, 0.29) is 17.4 Å². The molecule has 1 aromatic carbocycles. The molecule has 4 N–H and O–H groups in total. The number of nitrogens with one attached hydrogen (secondary N) is 1. The SMILES string of the molecule is N[C@H](CSCC(=O)NCc1ccccc1)C(=O)O. The first-order valence-corrected chi connectivity index (χ1v) is 6.62. The monoisotopic (exact) mass is 268 g/mol. The Hall–Kier alpha value is -1.53. The van der Waals surface area contributed by atoms with Gasteiger partial charge in [-0.3, -0.25) is 9.59 Å². The van der Waals surface area contributed by atoms with Crippen molar-refractivity contribution in [1.82, 2.24) is 5.32 Å². The van der Waals surface area contributed by atoms with E-state index in [1.807, 2.05) is 30.3 Å². The highest BCUT2D eigenvalue weighted by Crippen LogP contribution is 2.02. The molecule has 0 bridgehead atoms. The van der Waals surface area contributed by atoms with Crippen LogP contribution in [0.15, 0.2) is 30.3 Å². The van der Waals surface area contributed by atoms with Gasteiger partial charge in [0.15, 0.2) is 0 Å². The summed E-state index contributed by atoms with van der Waals surface area (Å²) < 4.78 is 0. The van der Waals surface area contributed by atoms with E-state index in [0.717, 1.165) is 5.56 Å². The van der Waals surface area contributed by atoms with Crippen molar-refractivity contribution in [3.05, 3.63) is 35.9 Å². The molecule has 1 amide bonds. The molecule has 5 nitrogen and oxygen atoms in total. The van der Waals surface area contributed by atoms with Crippen LogP contribution in [-0.2, 0) is 16.1 Å². The molecule has 0 saturated carbocycles. The lowest BCUT2D eigenvalue weighted by Gasteiger charge is -2.07. The van der Waals surface area contributed by atoms with Gasteiger partial charge < -0.3 is 16.2 Å². The standard InChI is InChI=1S/C12H16N2O3S/c13-10(12(16)17)7-18-8-11(15)14-6-9-4-2-1-3-5-9/h1-5,10H,6-8,13H2,(H,14,15)(H,16,17)/t10-/m1/s1. The first-order valence-electron chi connectivity index (χ1n) is 5.46. The number of aliphatic carboxylic acids is 1. The van der Waals surface area contributed by atoms with Gasteiger partial charge in [0, 0.05) is 12.3 Å². The second-order valence-electron chi connectivity index (χ2n) is 3.72. The molecule has 1 aromatic rings. The van der Waals surface area contributed by atoms with Crippen molar-refractivity contribution >= 4 is 23.6 Å². The van der Waals surface area contributed by atoms with Gasteiger partial charge in [0.2, 0.25) is 5.91 Å². The number of carboxylic acids is 1. The summed E-state index contributed by atoms with van der Waals surface area (Å²) in [5.74, 6) is -0.726. The predicted molar refractivity (Wildman–Crippen MR) is 71.2 cm³/mol. The first-order chi connectivity index (χ1) is 8.59. The summed E-state index contributed by atoms with van der Waals surface area (Å²) in [5.41, 5.74) is 6.34. The van der Waals surface area contributed by atoms with E-state index in [9.17, 15) is 9.59 Å². The smallest absolute Gasteiger partial charge is 0.321 e. The van der Waals surface area contributed by atoms with Crippen molar-refractivity contribution < 1.29 is 14.7 Å². The summed E-state index contributed by atoms with van der Waals surface area (Å²) in [5, 5.41) is 11.3. The molecule has 0 saturated heterocycles. The molecule has 0 fully saturated rings. The lowest BCUT2D eigenvalue weighted by atomic mass is 10.2. The minimum atomic E-state index is -1.05. The molecule has 0 aliphatic heterocycles. The van der Waals surface area contributed by atoms with Crippen molar-refractivity contribution in [3.8, 4) is 0 Å². The molecule has 0 heterocycles. The van der Waals surface area contributed by atoms with Gasteiger partial charge in [-0.25, -0.2) is 0 Å². The Kier molecular flexibility index (Phi) is 6.24. The second kappa shape index (κ2) is 7.73. The van der Waals surface area contributed by atoms with E-state index in [0.29, 0.717) is 6.54 Å². The third kappa shape index (κ3) is 5.70. The Morgan fingerprint density at radius 2 is 2.00 bits per heavy atom. The number of carbonyl (C=O) groups excluding carboxylic acids is 1. The number of carbonyl (C=O) groups is 2. The fourth-order valence-electron chi connectivity index (χ4n) is 1.20. The van der Waals surface area contributed by atoms with E-state index in [2.05, 4.69) is 5.32 Å². The lowest BCUT2D eigenvalue weighted by molar-refractivity contribution is -0.138. The van der Waals surface area contributed by atoms with E-state index in [4.69, 9.17) is 10.8 Å². The third-order valence-electron chi connectivity index (χ3n) is 2.18. The average molecular weight is 268 g/mol. The van der Waals surface area contributed by atoms with Gasteiger partial charge in [0.05, 0.1) is 5.75 Å². The summed E-state index contributed by atoms with van der Waals surface area (Å²) in [4.78, 5) is 21.9. The summed E-state index contributed by atoms with van der Waals surface area (Å²) in [6, 6.07) is 8.65. The lowest BCUT2D eigenvalue weighted by Crippen LogP contribution is -2.33. The zero-order chi connectivity index (χ0) is 13.4. The van der Waals surface area contributed by atoms with Crippen molar-refractivity contribution in [2.24, 2.45) is 5.73 Å². The highest BCUT2D eigenvalue weighted by molar-refractivity contribution is 8.00. The highest BCUT2D eigenvalue weighted by Gasteiger charge is 2.11. The van der Waals surface area contributed by atoms with Crippen LogP contribution in [0.4, 0.5) is 0 Å². The molecule has 0 aromatic heterocycles. The molecule has 98 valence electrons. The quantitative estimate of drug-likeness (QED) is 0.667. The molecule has 0 spiro atoms. The molecular formula is C12H16N2O3S. The summed E-state index contributed by atoms with van der Waals surface area (Å²) in [6.07, 6.45) is 0. The maximum Gasteiger partial charge on any atom is 0.321 e. The summed E-state index contributed by atoms with van der Waals surface area (Å²) in [6.45, 7) is 0.477. The number of carboxylic acid groups (broad SMARTS) is 1. The van der Waals surface area contributed by atoms with Crippen LogP contribution in [0.1, 0.15) is 5.56 Å². The zero-order valence-electron chi connectivity index (χ0n) is 9.83. The Morgan fingerprint density at radius 3 is 2.61 bits per heavy atom. The van der Waals surface area contributed by atoms with Gasteiger partial charge in [-0.05, 0) is 5.56 Å². The normalized spacial score (nSPS) is 11.8. The average Bonchev–Trinajstić information content (AvgIpc) is 2.37. The summed E-state index contributed by atoms with van der Waals surface area (Å²) in [7, 11) is 0. The molecule has 0 aliphatic carbocycles. The maximum absolute atomic E-state index is 11.4. The van der Waals surface area contributed by atoms with Gasteiger partial charge in [0.25, 0.3) is 0 Å². The van der Waals surface area contributed by atoms with Gasteiger partial charge in [-0.1, -0.05) is 30.3 Å². The van der Waals surface area contributed by atoms with Gasteiger partial charge >= 0.3 is 5.97 Å². The number of hydrogen-bond acceptors (Lipinski definition) is 4. The minimum absolute atomic E-state index is 0.124. The molecule has 1 rings (SSSR count). The molecule has 0 radical (unpaired) electrons. The molecule has 6 heteroatoms. The van der Waals surface area contributed by atoms with Crippen LogP contribution in [0.5, 0.6) is 0 Å². The van der Waals surface area contributed by atoms with Crippen LogP contribution in [0.2, 0.25) is 0 Å². The Morgan fingerprint density at radius 1 is 1.33 bits per heavy atom. The minimum Gasteiger partial charge on any atom is -0.480 e. The molecule has 0 aliphatic rings. The fourth-order valence-corrected chi connectivity index (χ4v) is 2.00. The van der Waals surface area contributed by atoms with Crippen LogP contribution in [0.25, 0.3) is 0 Å². The van der Waals surface area contributed by atoms with Crippen molar-refractivity contribution in [3.63, 3.8) is 0 Å². The number of thioether (sulfide) groups is 1. The van der Waals surface area contributed by atoms with E-state index < -0.39 is 12.0 Å². The number of nitrogens with two attached hydrogens (primary N) is 1. The van der Waals surface area contributed by atoms with Crippen LogP contribution < -0.4 is 11.1 Å². The Labute approximate surface area is 110 Å². The molecule has 18 heavy (non-hydrogen) atoms. The van der Waals surface area contributed by atoms with Gasteiger partial charge in [0.1, 0.15) is 6.04 Å². The second-order valence-corrected chi connectivity index (χ2v) is 4.75. The number of amides is 1. The first kappa shape index (κ1) is 14.5. The number of rotatable bonds is 7. The predicted octanol–water partition coefficient (Wildman–Crippen LogP) is 0.448. The molecule has 0 unspecified atom stereocenters. The van der Waals surface area contributed by atoms with Crippen LogP contribution in [-0.4, -0.2) is 34.5 Å². The van der Waals surface area contributed by atoms with Crippen molar-refractivity contribution in [2.75, 3.05) is 11.5 Å². The largest absolute Gasteiger partial charge is 0.480 e. The van der Waals surface area contributed by atoms with E-state index in [1.54, 1.807) is 0 Å². The van der Waals surface area contributed by atoms with E-state index in [1.165, 1.54) is 11.8 Å². The van der Waals surface area contributed by atoms with E-state index >= 15 is 0 Å². The zero-order valence-corrected chi connectivity index (χ0v) is 10.7. The molecule has 1 atom stereocenters. The fraction of sp³-hybridized carbons (Fsp3) is 0.333. The van der Waals surface area contributed by atoms with Gasteiger partial charge in [-0.15, -0.1) is 11.8 Å². The van der Waals surface area contributed by atoms with Crippen molar-refractivity contribution in [2.45, 2.75) is 12.6 Å². The third-order valence-corrected chi connectivity index (χ3v) is 3.24. The number of benzene rings is 1. The van der Waals surface area contributed by atoms with Crippen molar-refractivity contribution in [1.29, 1.82) is 0 Å². The maximum atomic E-state index is 11.4. The highest BCUT2D eigenvalue weighted by atomic mass is 32.2. The Balaban J connectivity index is 2.17. The molecular weight excluding hydrogens is 252 g/mol. The van der Waals surface area contributed by atoms with Crippen LogP contribution in [0, 0.1) is 0 Å². The number of hydrogen-bond donors (Lipinski definition) is 3. The van der Waals surface area contributed by atoms with Crippen LogP contribution >= 0.6 is 11.8 Å². The van der Waals surface area contributed by atoms with Crippen LogP contribution in [0.3, 0.4) is 0 Å². The Bertz CT molecular complexity index is 398. The topological polar surface area (TPSA) is 92.4 Å². The summed E-state index contributed by atoms with van der Waals surface area (Å²) >= 11 is 1.22.